The van der Waals surface area contributed by atoms with Crippen LogP contribution >= 0.6 is 0 Å². The van der Waals surface area contributed by atoms with E-state index in [4.69, 9.17) is 16.6 Å². The Morgan fingerprint density at radius 3 is 2.52 bits per heavy atom. The molecule has 0 aliphatic heterocycles. The van der Waals surface area contributed by atoms with E-state index in [1.807, 2.05) is 18.2 Å². The fourth-order valence-corrected chi connectivity index (χ4v) is 2.27. The van der Waals surface area contributed by atoms with Gasteiger partial charge in [-0.05, 0) is 37.8 Å². The molecule has 0 radical (unpaired) electrons. The zero-order valence-corrected chi connectivity index (χ0v) is 14.3. The molecule has 0 bridgehead atoms. The maximum Gasteiger partial charge on any atom is 0.326 e. The quantitative estimate of drug-likeness (QED) is 0.201. The predicted octanol–water partition coefficient (Wildman–Crippen LogP) is -0.168. The van der Waals surface area contributed by atoms with Crippen LogP contribution in [-0.4, -0.2) is 48.6 Å². The number of benzene rings is 1. The molecule has 1 rings (SSSR count). The van der Waals surface area contributed by atoms with Gasteiger partial charge >= 0.3 is 5.97 Å². The van der Waals surface area contributed by atoms with Crippen molar-refractivity contribution in [2.24, 2.45) is 16.5 Å². The van der Waals surface area contributed by atoms with Crippen molar-refractivity contribution >= 4 is 17.8 Å². The van der Waals surface area contributed by atoms with Gasteiger partial charge in [0.1, 0.15) is 6.04 Å². The second kappa shape index (κ2) is 11.9. The zero-order valence-electron chi connectivity index (χ0n) is 14.3. The number of carboxylic acid groups (broad SMARTS) is 1. The minimum absolute atomic E-state index is 0.0318. The maximum absolute atomic E-state index is 11.8. The molecule has 1 amide bonds. The molecule has 0 saturated carbocycles. The summed E-state index contributed by atoms with van der Waals surface area (Å²) in [5.74, 6) is -1.44. The van der Waals surface area contributed by atoms with Gasteiger partial charge in [-0.1, -0.05) is 30.3 Å². The third-order valence-corrected chi connectivity index (χ3v) is 3.53. The van der Waals surface area contributed by atoms with Crippen molar-refractivity contribution in [2.45, 2.75) is 31.7 Å². The van der Waals surface area contributed by atoms with Gasteiger partial charge in [0.25, 0.3) is 0 Å². The van der Waals surface area contributed by atoms with Gasteiger partial charge in [-0.15, -0.1) is 0 Å². The number of nitrogens with zero attached hydrogens (tertiary/aromatic N) is 1. The van der Waals surface area contributed by atoms with Crippen LogP contribution in [0.1, 0.15) is 24.8 Å². The molecule has 1 unspecified atom stereocenters. The van der Waals surface area contributed by atoms with Crippen molar-refractivity contribution in [3.8, 4) is 0 Å². The summed E-state index contributed by atoms with van der Waals surface area (Å²) >= 11 is 0. The molecule has 0 aliphatic carbocycles. The number of hydrogen-bond acceptors (Lipinski definition) is 4. The van der Waals surface area contributed by atoms with Crippen molar-refractivity contribution < 1.29 is 14.7 Å². The van der Waals surface area contributed by atoms with E-state index >= 15 is 0 Å². The number of rotatable bonds is 12. The van der Waals surface area contributed by atoms with Gasteiger partial charge in [0, 0.05) is 6.54 Å². The summed E-state index contributed by atoms with van der Waals surface area (Å²) in [7, 11) is 0. The normalized spacial score (nSPS) is 11.5. The highest BCUT2D eigenvalue weighted by Gasteiger charge is 2.18. The van der Waals surface area contributed by atoms with Crippen LogP contribution in [0.2, 0.25) is 0 Å². The van der Waals surface area contributed by atoms with Gasteiger partial charge in [0.05, 0.1) is 6.54 Å². The molecule has 138 valence electrons. The molecule has 8 nitrogen and oxygen atoms in total. The molecule has 0 saturated heterocycles. The number of nitrogens with two attached hydrogens (primary N) is 2. The lowest BCUT2D eigenvalue weighted by molar-refractivity contribution is -0.141. The standard InChI is InChI=1S/C17H27N5O3/c18-17(19)21-11-5-9-14(16(24)25)22-15(23)12-20-10-4-8-13-6-2-1-3-7-13/h1-3,6-7,14,20H,4-5,8-12H2,(H,22,23)(H,24,25)(H4,18,19,21). The number of hydrogen-bond donors (Lipinski definition) is 5. The highest BCUT2D eigenvalue weighted by molar-refractivity contribution is 5.84. The Bertz CT molecular complexity index is 559. The number of aliphatic carboxylic acids is 1. The maximum atomic E-state index is 11.8. The molecule has 0 fully saturated rings. The summed E-state index contributed by atoms with van der Waals surface area (Å²) in [6.07, 6.45) is 2.57. The van der Waals surface area contributed by atoms with Gasteiger partial charge in [-0.25, -0.2) is 4.79 Å². The van der Waals surface area contributed by atoms with E-state index in [2.05, 4.69) is 27.8 Å². The molecule has 0 spiro atoms. The average molecular weight is 349 g/mol. The Morgan fingerprint density at radius 2 is 1.88 bits per heavy atom. The number of carboxylic acids is 1. The monoisotopic (exact) mass is 349 g/mol. The molecule has 8 heteroatoms. The molecule has 1 atom stereocenters. The Labute approximate surface area is 147 Å². The van der Waals surface area contributed by atoms with Crippen LogP contribution in [0.5, 0.6) is 0 Å². The van der Waals surface area contributed by atoms with Crippen molar-refractivity contribution in [3.63, 3.8) is 0 Å². The minimum Gasteiger partial charge on any atom is -0.480 e. The van der Waals surface area contributed by atoms with Crippen LogP contribution in [0.4, 0.5) is 0 Å². The second-order valence-corrected chi connectivity index (χ2v) is 5.67. The average Bonchev–Trinajstić information content (AvgIpc) is 2.57. The van der Waals surface area contributed by atoms with Crippen molar-refractivity contribution in [2.75, 3.05) is 19.6 Å². The predicted molar refractivity (Wildman–Crippen MR) is 97.1 cm³/mol. The van der Waals surface area contributed by atoms with Gasteiger partial charge in [0.15, 0.2) is 5.96 Å². The first-order valence-electron chi connectivity index (χ1n) is 8.31. The SMILES string of the molecule is NC(N)=NCCCC(NC(=O)CNCCCc1ccccc1)C(=O)O. The minimum atomic E-state index is -1.07. The second-order valence-electron chi connectivity index (χ2n) is 5.67. The van der Waals surface area contributed by atoms with Crippen molar-refractivity contribution in [1.29, 1.82) is 0 Å². The zero-order chi connectivity index (χ0) is 18.5. The summed E-state index contributed by atoms with van der Waals surface area (Å²) in [6.45, 7) is 1.11. The van der Waals surface area contributed by atoms with E-state index in [0.717, 1.165) is 12.8 Å². The molecule has 7 N–H and O–H groups in total. The number of aryl methyl sites for hydroxylation is 1. The highest BCUT2D eigenvalue weighted by atomic mass is 16.4. The first kappa shape index (κ1) is 20.4. The third-order valence-electron chi connectivity index (χ3n) is 3.53. The summed E-state index contributed by atoms with van der Waals surface area (Å²) in [5.41, 5.74) is 11.7. The van der Waals surface area contributed by atoms with Gasteiger partial charge < -0.3 is 27.2 Å². The van der Waals surface area contributed by atoms with E-state index in [1.165, 1.54) is 5.56 Å². The molecule has 0 heterocycles. The molecule has 1 aromatic carbocycles. The number of amides is 1. The van der Waals surface area contributed by atoms with E-state index in [9.17, 15) is 9.59 Å². The number of carbonyl (C=O) groups excluding carboxylic acids is 1. The summed E-state index contributed by atoms with van der Waals surface area (Å²) in [4.78, 5) is 26.8. The molecule has 1 aromatic rings. The van der Waals surface area contributed by atoms with Gasteiger partial charge in [-0.3, -0.25) is 9.79 Å². The van der Waals surface area contributed by atoms with Crippen molar-refractivity contribution in [1.82, 2.24) is 10.6 Å². The van der Waals surface area contributed by atoms with Crippen LogP contribution in [-0.2, 0) is 16.0 Å². The number of carbonyl (C=O) groups is 2. The largest absolute Gasteiger partial charge is 0.480 e. The lowest BCUT2D eigenvalue weighted by Crippen LogP contribution is -2.44. The number of aliphatic imine (C=N–C) groups is 1. The fraction of sp³-hybridized carbons (Fsp3) is 0.471. The smallest absolute Gasteiger partial charge is 0.326 e. The van der Waals surface area contributed by atoms with Crippen LogP contribution in [0, 0.1) is 0 Å². The van der Waals surface area contributed by atoms with Crippen LogP contribution in [0.3, 0.4) is 0 Å². The first-order valence-corrected chi connectivity index (χ1v) is 8.31. The van der Waals surface area contributed by atoms with Gasteiger partial charge in [0.2, 0.25) is 5.91 Å². The number of nitrogens with one attached hydrogen (secondary N) is 2. The Kier molecular flexibility index (Phi) is 9.69. The van der Waals surface area contributed by atoms with Crippen LogP contribution in [0.25, 0.3) is 0 Å². The van der Waals surface area contributed by atoms with E-state index in [0.29, 0.717) is 19.5 Å². The third kappa shape index (κ3) is 9.98. The summed E-state index contributed by atoms with van der Waals surface area (Å²) in [5, 5.41) is 14.7. The van der Waals surface area contributed by atoms with Crippen LogP contribution < -0.4 is 22.1 Å². The van der Waals surface area contributed by atoms with Crippen LogP contribution in [0.15, 0.2) is 35.3 Å². The Balaban J connectivity index is 2.19. The van der Waals surface area contributed by atoms with Crippen molar-refractivity contribution in [3.05, 3.63) is 35.9 Å². The molecular formula is C17H27N5O3. The molecule has 0 aliphatic rings. The first-order chi connectivity index (χ1) is 12.0. The van der Waals surface area contributed by atoms with E-state index in [1.54, 1.807) is 0 Å². The molecular weight excluding hydrogens is 322 g/mol. The fourth-order valence-electron chi connectivity index (χ4n) is 2.27. The number of guanidine groups is 1. The Hall–Kier alpha value is -2.61. The Morgan fingerprint density at radius 1 is 1.16 bits per heavy atom. The lowest BCUT2D eigenvalue weighted by Gasteiger charge is -2.14. The van der Waals surface area contributed by atoms with E-state index in [-0.39, 0.29) is 24.8 Å². The van der Waals surface area contributed by atoms with E-state index < -0.39 is 12.0 Å². The van der Waals surface area contributed by atoms with Gasteiger partial charge in [-0.2, -0.15) is 0 Å². The highest BCUT2D eigenvalue weighted by Crippen LogP contribution is 2.01. The topological polar surface area (TPSA) is 143 Å². The summed E-state index contributed by atoms with van der Waals surface area (Å²) in [6, 6.07) is 9.15. The molecule has 0 aromatic heterocycles. The molecule has 25 heavy (non-hydrogen) atoms. The summed E-state index contributed by atoms with van der Waals surface area (Å²) < 4.78 is 0. The lowest BCUT2D eigenvalue weighted by atomic mass is 10.1.